The quantitative estimate of drug-likeness (QED) is 0.638. The maximum atomic E-state index is 11.6. The van der Waals surface area contributed by atoms with E-state index in [1.807, 2.05) is 31.3 Å². The molecule has 3 aromatic heterocycles. The minimum absolute atomic E-state index is 0.0649. The molecule has 9 heteroatoms. The van der Waals surface area contributed by atoms with Crippen molar-refractivity contribution in [3.8, 4) is 17.3 Å². The van der Waals surface area contributed by atoms with Crippen LogP contribution in [0.4, 0.5) is 5.82 Å². The summed E-state index contributed by atoms with van der Waals surface area (Å²) in [5.41, 5.74) is 3.77. The molecule has 0 radical (unpaired) electrons. The first-order valence-electron chi connectivity index (χ1n) is 11.1. The van der Waals surface area contributed by atoms with Crippen molar-refractivity contribution in [2.24, 2.45) is 5.92 Å². The lowest BCUT2D eigenvalue weighted by molar-refractivity contribution is -0.114. The number of anilines is 1. The Morgan fingerprint density at radius 2 is 2.15 bits per heavy atom. The normalized spacial score (nSPS) is 24.4. The lowest BCUT2D eigenvalue weighted by Crippen LogP contribution is -2.30. The van der Waals surface area contributed by atoms with Gasteiger partial charge in [-0.25, -0.2) is 4.98 Å². The number of amides is 1. The van der Waals surface area contributed by atoms with Crippen molar-refractivity contribution in [1.29, 1.82) is 5.26 Å². The largest absolute Gasteiger partial charge is 0.378 e. The number of carbonyl (C=O) groups is 1. The molecule has 1 saturated heterocycles. The Morgan fingerprint density at radius 3 is 2.82 bits per heavy atom. The fourth-order valence-corrected chi connectivity index (χ4v) is 4.74. The van der Waals surface area contributed by atoms with Gasteiger partial charge in [0, 0.05) is 50.2 Å². The predicted octanol–water partition coefficient (Wildman–Crippen LogP) is 3.50. The number of nitriles is 1. The van der Waals surface area contributed by atoms with Gasteiger partial charge in [0.2, 0.25) is 5.91 Å². The van der Waals surface area contributed by atoms with Gasteiger partial charge in [-0.15, -0.1) is 10.2 Å². The number of aryl methyl sites for hydroxylation is 1. The first-order valence-corrected chi connectivity index (χ1v) is 11.1. The Morgan fingerprint density at radius 1 is 1.33 bits per heavy atom. The number of nitrogens with zero attached hydrogens (tertiary/aromatic N) is 5. The molecule has 1 saturated carbocycles. The molecule has 170 valence electrons. The highest BCUT2D eigenvalue weighted by Gasteiger charge is 2.39. The van der Waals surface area contributed by atoms with Crippen LogP contribution in [0.3, 0.4) is 0 Å². The molecule has 0 unspecified atom stereocenters. The fourth-order valence-electron chi connectivity index (χ4n) is 4.74. The van der Waals surface area contributed by atoms with Crippen LogP contribution in [0.25, 0.3) is 22.3 Å². The summed E-state index contributed by atoms with van der Waals surface area (Å²) in [6.07, 6.45) is 4.36. The number of ether oxygens (including phenoxy) is 2. The van der Waals surface area contributed by atoms with Gasteiger partial charge in [0.1, 0.15) is 5.60 Å². The van der Waals surface area contributed by atoms with Gasteiger partial charge in [0.05, 0.1) is 30.0 Å². The van der Waals surface area contributed by atoms with Crippen LogP contribution in [-0.4, -0.2) is 46.0 Å². The highest BCUT2D eigenvalue weighted by molar-refractivity contribution is 5.96. The molecule has 0 bridgehead atoms. The molecule has 33 heavy (non-hydrogen) atoms. The molecule has 2 aliphatic rings. The van der Waals surface area contributed by atoms with Gasteiger partial charge in [-0.05, 0) is 43.5 Å². The van der Waals surface area contributed by atoms with Gasteiger partial charge in [0.15, 0.2) is 11.5 Å². The predicted molar refractivity (Wildman–Crippen MR) is 121 cm³/mol. The summed E-state index contributed by atoms with van der Waals surface area (Å²) < 4.78 is 13.6. The minimum atomic E-state index is -0.561. The highest BCUT2D eigenvalue weighted by atomic mass is 16.5. The van der Waals surface area contributed by atoms with Crippen molar-refractivity contribution < 1.29 is 14.3 Å². The monoisotopic (exact) mass is 446 g/mol. The maximum absolute atomic E-state index is 11.6. The van der Waals surface area contributed by atoms with E-state index in [9.17, 15) is 10.1 Å². The first kappa shape index (κ1) is 21.5. The Balaban J connectivity index is 1.65. The molecule has 0 aromatic carbocycles. The maximum Gasteiger partial charge on any atom is 0.222 e. The number of carbonyl (C=O) groups excluding carboxylic acids is 1. The molecule has 5 rings (SSSR count). The number of pyridine rings is 1. The van der Waals surface area contributed by atoms with Gasteiger partial charge in [0.25, 0.3) is 0 Å². The number of nitrogens with one attached hydrogen (secondary N) is 1. The van der Waals surface area contributed by atoms with Crippen LogP contribution in [0.1, 0.15) is 43.5 Å². The molecule has 1 aliphatic carbocycles. The van der Waals surface area contributed by atoms with Gasteiger partial charge in [-0.2, -0.15) is 5.26 Å². The first-order chi connectivity index (χ1) is 15.9. The van der Waals surface area contributed by atoms with E-state index < -0.39 is 5.60 Å². The summed E-state index contributed by atoms with van der Waals surface area (Å²) in [6.45, 7) is 4.59. The molecule has 2 fully saturated rings. The molecular formula is C24H26N6O3. The molecule has 1 amide bonds. The van der Waals surface area contributed by atoms with Crippen LogP contribution in [0, 0.1) is 24.2 Å². The molecular weight excluding hydrogens is 420 g/mol. The smallest absolute Gasteiger partial charge is 0.222 e. The number of hydrogen-bond donors (Lipinski definition) is 1. The van der Waals surface area contributed by atoms with Crippen LogP contribution >= 0.6 is 0 Å². The summed E-state index contributed by atoms with van der Waals surface area (Å²) >= 11 is 0. The lowest BCUT2D eigenvalue weighted by atomic mass is 9.81. The minimum Gasteiger partial charge on any atom is -0.378 e. The molecule has 1 atom stereocenters. The zero-order valence-electron chi connectivity index (χ0n) is 19.0. The van der Waals surface area contributed by atoms with E-state index in [0.29, 0.717) is 19.0 Å². The Hall–Kier alpha value is -3.35. The standard InChI is InChI=1S/C24H26N6O3/c1-14-6-20(27-21(7-14)24(32-3)4-5-33-13-24)19-12-30(17-8-16(9-17)11-25)23-18(19)10-22(28-29-23)26-15(2)31/h6-7,10,12,16-17H,4-5,8-9,13H2,1-3H3,(H,26,28,31)/t16-,17+,24-/m0/s1. The van der Waals surface area contributed by atoms with Crippen molar-refractivity contribution >= 4 is 22.8 Å². The second kappa shape index (κ2) is 8.21. The van der Waals surface area contributed by atoms with Crippen LogP contribution in [-0.2, 0) is 19.9 Å². The molecule has 0 spiro atoms. The van der Waals surface area contributed by atoms with Gasteiger partial charge in [-0.3, -0.25) is 4.79 Å². The van der Waals surface area contributed by atoms with Gasteiger partial charge >= 0.3 is 0 Å². The number of fused-ring (bicyclic) bond motifs is 1. The SMILES string of the molecule is CO[C@@]1(c2cc(C)cc(-c3cn([C@H]4C[C@@H](C#N)C4)c4nnc(NC(C)=O)cc34)n2)CCOC1. The van der Waals surface area contributed by atoms with Gasteiger partial charge < -0.3 is 19.4 Å². The summed E-state index contributed by atoms with van der Waals surface area (Å²) in [4.78, 5) is 16.6. The summed E-state index contributed by atoms with van der Waals surface area (Å²) in [5, 5.41) is 21.4. The third-order valence-corrected chi connectivity index (χ3v) is 6.66. The van der Waals surface area contributed by atoms with E-state index in [-0.39, 0.29) is 17.9 Å². The lowest BCUT2D eigenvalue weighted by Gasteiger charge is -2.32. The molecule has 1 aliphatic heterocycles. The molecule has 3 aromatic rings. The van der Waals surface area contributed by atoms with Crippen molar-refractivity contribution in [3.05, 3.63) is 35.7 Å². The topological polar surface area (TPSA) is 115 Å². The average Bonchev–Trinajstić information content (AvgIpc) is 3.38. The zero-order chi connectivity index (χ0) is 23.2. The Labute approximate surface area is 191 Å². The zero-order valence-corrected chi connectivity index (χ0v) is 19.0. The van der Waals surface area contributed by atoms with E-state index in [1.165, 1.54) is 6.92 Å². The average molecular weight is 447 g/mol. The molecule has 9 nitrogen and oxygen atoms in total. The van der Waals surface area contributed by atoms with Crippen LogP contribution in [0.2, 0.25) is 0 Å². The van der Waals surface area contributed by atoms with E-state index >= 15 is 0 Å². The summed E-state index contributed by atoms with van der Waals surface area (Å²) in [5.74, 6) is 0.248. The number of aromatic nitrogens is 4. The van der Waals surface area contributed by atoms with E-state index in [4.69, 9.17) is 14.5 Å². The third-order valence-electron chi connectivity index (χ3n) is 6.66. The fraction of sp³-hybridized carbons (Fsp3) is 0.458. The summed E-state index contributed by atoms with van der Waals surface area (Å²) in [6, 6.07) is 8.45. The van der Waals surface area contributed by atoms with Crippen molar-refractivity contribution in [2.45, 2.75) is 44.8 Å². The number of hydrogen-bond acceptors (Lipinski definition) is 7. The number of methoxy groups -OCH3 is 1. The Kier molecular flexibility index (Phi) is 5.35. The van der Waals surface area contributed by atoms with Crippen LogP contribution < -0.4 is 5.32 Å². The molecule has 1 N–H and O–H groups in total. The molecule has 4 heterocycles. The number of rotatable bonds is 5. The third kappa shape index (κ3) is 3.75. The van der Waals surface area contributed by atoms with Crippen LogP contribution in [0.15, 0.2) is 24.4 Å². The van der Waals surface area contributed by atoms with Crippen molar-refractivity contribution in [2.75, 3.05) is 25.6 Å². The second-order valence-electron chi connectivity index (χ2n) is 8.97. The Bertz CT molecular complexity index is 1270. The van der Waals surface area contributed by atoms with E-state index in [2.05, 4.69) is 26.2 Å². The van der Waals surface area contributed by atoms with Crippen molar-refractivity contribution in [3.63, 3.8) is 0 Å². The summed E-state index contributed by atoms with van der Waals surface area (Å²) in [7, 11) is 1.70. The van der Waals surface area contributed by atoms with E-state index in [1.54, 1.807) is 7.11 Å². The van der Waals surface area contributed by atoms with E-state index in [0.717, 1.165) is 52.8 Å². The second-order valence-corrected chi connectivity index (χ2v) is 8.97. The van der Waals surface area contributed by atoms with Crippen molar-refractivity contribution in [1.82, 2.24) is 19.7 Å². The van der Waals surface area contributed by atoms with Gasteiger partial charge in [-0.1, -0.05) is 0 Å². The highest BCUT2D eigenvalue weighted by Crippen LogP contribution is 2.42. The van der Waals surface area contributed by atoms with Crippen LogP contribution in [0.5, 0.6) is 0 Å².